The van der Waals surface area contributed by atoms with Gasteiger partial charge in [-0.15, -0.1) is 24.5 Å². The minimum atomic E-state index is -5.15. The largest absolute Gasteiger partial charge is 0.573 e. The highest BCUT2D eigenvalue weighted by Gasteiger charge is 2.39. The van der Waals surface area contributed by atoms with E-state index < -0.39 is 51.9 Å². The van der Waals surface area contributed by atoms with Crippen LogP contribution in [-0.4, -0.2) is 43.8 Å². The predicted molar refractivity (Wildman–Crippen MR) is 137 cm³/mol. The number of aromatic nitrogens is 2. The van der Waals surface area contributed by atoms with Gasteiger partial charge in [0.1, 0.15) is 10.6 Å². The van der Waals surface area contributed by atoms with E-state index in [0.29, 0.717) is 15.9 Å². The number of alkyl halides is 6. The monoisotopic (exact) mass is 623 g/mol. The zero-order valence-electron chi connectivity index (χ0n) is 20.8. The van der Waals surface area contributed by atoms with Crippen LogP contribution in [0, 0.1) is 11.7 Å². The molecule has 2 heterocycles. The Labute approximate surface area is 230 Å². The third-order valence-electron chi connectivity index (χ3n) is 5.73. The molecule has 4 aromatic rings. The minimum absolute atomic E-state index is 0.0361. The maximum atomic E-state index is 13.3. The van der Waals surface area contributed by atoms with E-state index in [1.807, 2.05) is 4.98 Å². The van der Waals surface area contributed by atoms with Crippen LogP contribution in [0.25, 0.3) is 20.7 Å². The number of aryl methyl sites for hydroxylation is 1. The third-order valence-corrected chi connectivity index (χ3v) is 8.27. The summed E-state index contributed by atoms with van der Waals surface area (Å²) in [7, 11) is -3.04. The molecule has 4 rings (SSSR count). The van der Waals surface area contributed by atoms with Crippen LogP contribution in [0.3, 0.4) is 0 Å². The van der Waals surface area contributed by atoms with Gasteiger partial charge in [-0.25, -0.2) is 13.8 Å². The molecule has 0 aliphatic carbocycles. The van der Waals surface area contributed by atoms with Crippen LogP contribution in [0.1, 0.15) is 5.56 Å². The average Bonchev–Trinajstić information content (AvgIpc) is 3.18. The Morgan fingerprint density at radius 1 is 1.07 bits per heavy atom. The van der Waals surface area contributed by atoms with E-state index in [0.717, 1.165) is 12.1 Å². The summed E-state index contributed by atoms with van der Waals surface area (Å²) < 4.78 is 108. The molecule has 9 nitrogen and oxygen atoms in total. The number of ether oxygens (including phenoxy) is 2. The van der Waals surface area contributed by atoms with Gasteiger partial charge >= 0.3 is 18.2 Å². The molecule has 0 radical (unpaired) electrons. The zero-order chi connectivity index (χ0) is 30.5. The molecule has 0 saturated heterocycles. The summed E-state index contributed by atoms with van der Waals surface area (Å²) in [6.07, 6.45) is -11.9. The fraction of sp³-hybridized carbons (Fsp3) is 0.250. The number of aliphatic hydroxyl groups is 1. The Morgan fingerprint density at radius 2 is 1.71 bits per heavy atom. The van der Waals surface area contributed by atoms with Gasteiger partial charge in [0, 0.05) is 16.0 Å². The van der Waals surface area contributed by atoms with Gasteiger partial charge in [-0.3, -0.25) is 14.3 Å². The first kappa shape index (κ1) is 30.1. The van der Waals surface area contributed by atoms with Crippen molar-refractivity contribution < 1.29 is 45.1 Å². The molecule has 0 aliphatic heterocycles. The van der Waals surface area contributed by atoms with Gasteiger partial charge in [0.05, 0.1) is 21.7 Å². The molecule has 0 aliphatic rings. The molecule has 0 fully saturated rings. The lowest BCUT2D eigenvalue weighted by Gasteiger charge is -2.16. The molecule has 2 aromatic carbocycles. The maximum Gasteiger partial charge on any atom is 0.573 e. The van der Waals surface area contributed by atoms with Gasteiger partial charge < -0.3 is 14.6 Å². The van der Waals surface area contributed by atoms with Crippen LogP contribution in [0.4, 0.5) is 26.3 Å². The van der Waals surface area contributed by atoms with Crippen molar-refractivity contribution in [1.29, 1.82) is 4.78 Å². The molecule has 0 bridgehead atoms. The first-order chi connectivity index (χ1) is 18.8. The number of rotatable bonds is 7. The van der Waals surface area contributed by atoms with Gasteiger partial charge in [-0.1, -0.05) is 0 Å². The normalized spacial score (nSPS) is 14.6. The first-order valence-corrected chi connectivity index (χ1v) is 14.1. The molecule has 0 saturated carbocycles. The quantitative estimate of drug-likeness (QED) is 0.237. The minimum Gasteiger partial charge on any atom is -0.453 e. The van der Waals surface area contributed by atoms with Crippen LogP contribution in [0.15, 0.2) is 56.9 Å². The molecule has 220 valence electrons. The van der Waals surface area contributed by atoms with E-state index in [1.54, 1.807) is 0 Å². The van der Waals surface area contributed by atoms with Crippen molar-refractivity contribution >= 4 is 31.3 Å². The fourth-order valence-corrected chi connectivity index (χ4v) is 5.79. The molecular formula is C24H19F6N3O6S2. The number of hydrogen-bond acceptors (Lipinski definition) is 8. The average molecular weight is 624 g/mol. The molecule has 17 heteroatoms. The number of halogens is 6. The second-order valence-corrected chi connectivity index (χ2v) is 11.9. The lowest BCUT2D eigenvalue weighted by atomic mass is 10.1. The van der Waals surface area contributed by atoms with Crippen LogP contribution < -0.4 is 20.7 Å². The molecule has 2 atom stereocenters. The van der Waals surface area contributed by atoms with Crippen LogP contribution in [0.5, 0.6) is 17.2 Å². The molecule has 1 unspecified atom stereocenters. The summed E-state index contributed by atoms with van der Waals surface area (Å²) in [6, 6.07) is 8.62. The van der Waals surface area contributed by atoms with E-state index in [-0.39, 0.29) is 42.6 Å². The zero-order valence-corrected chi connectivity index (χ0v) is 22.5. The number of fused-ring (bicyclic) bond motifs is 1. The van der Waals surface area contributed by atoms with Gasteiger partial charge in [0.15, 0.2) is 17.6 Å². The van der Waals surface area contributed by atoms with Gasteiger partial charge in [0.2, 0.25) is 0 Å². The molecule has 0 spiro atoms. The lowest BCUT2D eigenvalue weighted by molar-refractivity contribution is -0.275. The molecule has 2 aromatic heterocycles. The maximum absolute atomic E-state index is 13.3. The highest BCUT2D eigenvalue weighted by Crippen LogP contribution is 2.42. The van der Waals surface area contributed by atoms with E-state index in [9.17, 15) is 45.2 Å². The molecular weight excluding hydrogens is 604 g/mol. The molecule has 3 N–H and O–H groups in total. The predicted octanol–water partition coefficient (Wildman–Crippen LogP) is 5.38. The van der Waals surface area contributed by atoms with Crippen molar-refractivity contribution in [3.63, 3.8) is 0 Å². The van der Waals surface area contributed by atoms with Crippen LogP contribution in [-0.2, 0) is 16.3 Å². The van der Waals surface area contributed by atoms with Gasteiger partial charge in [0.25, 0.3) is 5.56 Å². The number of H-pyrrole nitrogens is 1. The lowest BCUT2D eigenvalue weighted by Crippen LogP contribution is -2.38. The Kier molecular flexibility index (Phi) is 7.74. The summed E-state index contributed by atoms with van der Waals surface area (Å²) in [5, 5.41) is 9.32. The van der Waals surface area contributed by atoms with Crippen LogP contribution in [0.2, 0.25) is 0 Å². The number of hydrogen-bond donors (Lipinski definition) is 3. The molecule has 41 heavy (non-hydrogen) atoms. The van der Waals surface area contributed by atoms with Gasteiger partial charge in [-0.2, -0.15) is 13.2 Å². The number of nitrogens with one attached hydrogen (secondary N) is 2. The smallest absolute Gasteiger partial charge is 0.453 e. The van der Waals surface area contributed by atoms with E-state index >= 15 is 0 Å². The Hall–Kier alpha value is -3.83. The topological polar surface area (TPSA) is 134 Å². The number of benzene rings is 2. The second kappa shape index (κ2) is 10.5. The van der Waals surface area contributed by atoms with Crippen molar-refractivity contribution in [1.82, 2.24) is 9.55 Å². The summed E-state index contributed by atoms with van der Waals surface area (Å²) in [5.74, 6) is -1.15. The van der Waals surface area contributed by atoms with Gasteiger partial charge in [-0.05, 0) is 60.5 Å². The number of thiophene rings is 1. The van der Waals surface area contributed by atoms with Crippen molar-refractivity contribution in [2.45, 2.75) is 37.0 Å². The summed E-state index contributed by atoms with van der Waals surface area (Å²) in [4.78, 5) is 26.8. The van der Waals surface area contributed by atoms with E-state index in [4.69, 9.17) is 9.52 Å². The first-order valence-electron chi connectivity index (χ1n) is 11.3. The summed E-state index contributed by atoms with van der Waals surface area (Å²) >= 11 is 0.667. The Bertz CT molecular complexity index is 1840. The number of aliphatic hydroxyl groups excluding tert-OH is 1. The number of aromatic amines is 1. The van der Waals surface area contributed by atoms with Crippen molar-refractivity contribution in [2.24, 2.45) is 0 Å². The summed E-state index contributed by atoms with van der Waals surface area (Å²) in [5.41, 5.74) is -1.93. The highest BCUT2D eigenvalue weighted by molar-refractivity contribution is 7.91. The SMILES string of the molecule is Cc1c(-c2ccc(Oc3ccc(S(C)(=N)=O)cc3)c(OC(F)(F)F)c2)sc2c1c(=O)[nH]c(=O)n2C[C@@H](O)C(F)(F)F. The molecule has 0 amide bonds. The van der Waals surface area contributed by atoms with Crippen LogP contribution >= 0.6 is 11.3 Å². The summed E-state index contributed by atoms with van der Waals surface area (Å²) in [6.45, 7) is 0.170. The van der Waals surface area contributed by atoms with Crippen molar-refractivity contribution in [2.75, 3.05) is 6.26 Å². The highest BCUT2D eigenvalue weighted by atomic mass is 32.2. The van der Waals surface area contributed by atoms with E-state index in [2.05, 4.69) is 4.74 Å². The third kappa shape index (κ3) is 6.57. The fourth-order valence-electron chi connectivity index (χ4n) is 3.83. The number of nitrogens with zero attached hydrogens (tertiary/aromatic N) is 1. The standard InChI is InChI=1S/C24H19F6N3O6S2/c1-11-18-20(35)32-22(36)33(10-17(34)23(25,26)27)21(18)40-19(11)12-3-8-15(16(9-12)39-24(28,29)30)38-13-4-6-14(7-5-13)41(2,31)37/h3-9,17,31,34H,10H2,1-2H3,(H,32,35,36)/t17-,41?/m1/s1. The van der Waals surface area contributed by atoms with Crippen molar-refractivity contribution in [3.8, 4) is 27.7 Å². The Morgan fingerprint density at radius 3 is 2.27 bits per heavy atom. The van der Waals surface area contributed by atoms with E-state index in [1.165, 1.54) is 43.5 Å². The Balaban J connectivity index is 1.82. The second-order valence-electron chi connectivity index (χ2n) is 8.79. The van der Waals surface area contributed by atoms with Crippen molar-refractivity contribution in [3.05, 3.63) is 68.9 Å².